The molecule has 0 aliphatic heterocycles. The number of primary amides is 1. The SMILES string of the molecule is CN(C)c1ccc([C@@H](C(=O)NCc2ccccc2)N(Cc2cccnc2)C(=O)c2snc(C(N)=O)c2N)cc1. The number of nitrogens with two attached hydrogens (primary N) is 2. The first-order valence-corrected chi connectivity index (χ1v) is 12.9. The number of nitrogen functional groups attached to an aromatic ring is 1. The summed E-state index contributed by atoms with van der Waals surface area (Å²) in [5.41, 5.74) is 14.4. The second-order valence-electron chi connectivity index (χ2n) is 9.02. The summed E-state index contributed by atoms with van der Waals surface area (Å²) in [5, 5.41) is 2.97. The molecular weight excluding hydrogens is 514 g/mol. The molecule has 4 rings (SSSR count). The lowest BCUT2D eigenvalue weighted by atomic mass is 10.0. The van der Waals surface area contributed by atoms with Crippen LogP contribution in [0.2, 0.25) is 0 Å². The highest BCUT2D eigenvalue weighted by Gasteiger charge is 2.35. The van der Waals surface area contributed by atoms with Crippen molar-refractivity contribution < 1.29 is 14.4 Å². The maximum atomic E-state index is 14.0. The standard InChI is InChI=1S/C28H29N7O3S/c1-34(2)21-12-10-20(11-13-21)24(27(37)32-16-18-7-4-3-5-8-18)35(17-19-9-6-14-31-15-19)28(38)25-22(29)23(26(30)36)33-39-25/h3-15,24H,16-17,29H2,1-2H3,(H2,30,36)(H,32,37)/t24-/m0/s1. The third kappa shape index (κ3) is 6.39. The van der Waals surface area contributed by atoms with Crippen molar-refractivity contribution in [1.82, 2.24) is 19.6 Å². The average molecular weight is 544 g/mol. The van der Waals surface area contributed by atoms with E-state index in [1.165, 1.54) is 4.90 Å². The van der Waals surface area contributed by atoms with Gasteiger partial charge in [-0.25, -0.2) is 0 Å². The molecule has 4 aromatic rings. The van der Waals surface area contributed by atoms with Crippen molar-refractivity contribution in [3.8, 4) is 0 Å². The number of nitrogens with zero attached hydrogens (tertiary/aromatic N) is 4. The Morgan fingerprint density at radius 2 is 1.67 bits per heavy atom. The van der Waals surface area contributed by atoms with Crippen molar-refractivity contribution in [1.29, 1.82) is 0 Å². The van der Waals surface area contributed by atoms with Gasteiger partial charge in [0.05, 0.1) is 5.69 Å². The van der Waals surface area contributed by atoms with Crippen molar-refractivity contribution in [3.63, 3.8) is 0 Å². The molecule has 0 bridgehead atoms. The molecule has 0 saturated heterocycles. The van der Waals surface area contributed by atoms with Gasteiger partial charge in [0.2, 0.25) is 5.91 Å². The molecule has 1 atom stereocenters. The van der Waals surface area contributed by atoms with Crippen LogP contribution in [-0.2, 0) is 17.9 Å². The first-order valence-electron chi connectivity index (χ1n) is 12.1. The number of hydrogen-bond acceptors (Lipinski definition) is 8. The topological polar surface area (TPSA) is 148 Å². The molecule has 2 aromatic carbocycles. The van der Waals surface area contributed by atoms with Crippen LogP contribution in [0, 0.1) is 0 Å². The van der Waals surface area contributed by atoms with Crippen molar-refractivity contribution in [2.75, 3.05) is 24.7 Å². The van der Waals surface area contributed by atoms with Gasteiger partial charge in [0, 0.05) is 45.3 Å². The van der Waals surface area contributed by atoms with Gasteiger partial charge in [-0.1, -0.05) is 48.5 Å². The largest absolute Gasteiger partial charge is 0.395 e. The highest BCUT2D eigenvalue weighted by Crippen LogP contribution is 2.31. The van der Waals surface area contributed by atoms with E-state index in [4.69, 9.17) is 11.5 Å². The molecule has 0 spiro atoms. The molecule has 3 amide bonds. The quantitative estimate of drug-likeness (QED) is 0.279. The van der Waals surface area contributed by atoms with Crippen molar-refractivity contribution in [2.45, 2.75) is 19.1 Å². The number of amides is 3. The monoisotopic (exact) mass is 543 g/mol. The van der Waals surface area contributed by atoms with Crippen LogP contribution < -0.4 is 21.7 Å². The van der Waals surface area contributed by atoms with E-state index in [1.54, 1.807) is 18.5 Å². The summed E-state index contributed by atoms with van der Waals surface area (Å²) >= 11 is 0.771. The smallest absolute Gasteiger partial charge is 0.270 e. The second kappa shape index (κ2) is 12.2. The molecule has 5 N–H and O–H groups in total. The first kappa shape index (κ1) is 27.3. The van der Waals surface area contributed by atoms with Gasteiger partial charge in [-0.3, -0.25) is 19.4 Å². The Bertz CT molecular complexity index is 1440. The van der Waals surface area contributed by atoms with E-state index >= 15 is 0 Å². The fraction of sp³-hybridized carbons (Fsp3) is 0.179. The number of nitrogens with one attached hydrogen (secondary N) is 1. The summed E-state index contributed by atoms with van der Waals surface area (Å²) in [4.78, 5) is 47.2. The lowest BCUT2D eigenvalue weighted by Crippen LogP contribution is -2.43. The first-order chi connectivity index (χ1) is 18.8. The number of rotatable bonds is 10. The Labute approximate surface area is 230 Å². The summed E-state index contributed by atoms with van der Waals surface area (Å²) in [7, 11) is 3.83. The lowest BCUT2D eigenvalue weighted by Gasteiger charge is -2.31. The Kier molecular flexibility index (Phi) is 8.52. The Morgan fingerprint density at radius 3 is 2.26 bits per heavy atom. The van der Waals surface area contributed by atoms with E-state index in [-0.39, 0.29) is 35.3 Å². The van der Waals surface area contributed by atoms with Gasteiger partial charge < -0.3 is 26.6 Å². The van der Waals surface area contributed by atoms with E-state index in [0.29, 0.717) is 11.1 Å². The molecular formula is C28H29N7O3S. The van der Waals surface area contributed by atoms with Crippen LogP contribution in [0.1, 0.15) is 42.9 Å². The van der Waals surface area contributed by atoms with Crippen molar-refractivity contribution in [3.05, 3.63) is 106 Å². The Morgan fingerprint density at radius 1 is 0.974 bits per heavy atom. The average Bonchev–Trinajstić information content (AvgIpc) is 3.34. The molecule has 0 saturated carbocycles. The van der Waals surface area contributed by atoms with Crippen LogP contribution in [-0.4, -0.2) is 46.1 Å². The van der Waals surface area contributed by atoms with Crippen LogP contribution in [0.3, 0.4) is 0 Å². The molecule has 10 nitrogen and oxygen atoms in total. The third-order valence-corrected chi connectivity index (χ3v) is 6.94. The predicted molar refractivity (Wildman–Crippen MR) is 151 cm³/mol. The van der Waals surface area contributed by atoms with Crippen molar-refractivity contribution in [2.24, 2.45) is 5.73 Å². The van der Waals surface area contributed by atoms with E-state index in [9.17, 15) is 14.4 Å². The molecule has 11 heteroatoms. The second-order valence-corrected chi connectivity index (χ2v) is 9.80. The van der Waals surface area contributed by atoms with E-state index in [2.05, 4.69) is 14.7 Å². The van der Waals surface area contributed by atoms with Gasteiger partial charge in [-0.15, -0.1) is 0 Å². The molecule has 2 aromatic heterocycles. The van der Waals surface area contributed by atoms with Gasteiger partial charge in [-0.05, 0) is 46.4 Å². The summed E-state index contributed by atoms with van der Waals surface area (Å²) in [5.74, 6) is -1.78. The van der Waals surface area contributed by atoms with Gasteiger partial charge in [0.25, 0.3) is 11.8 Å². The van der Waals surface area contributed by atoms with Crippen molar-refractivity contribution >= 4 is 40.6 Å². The summed E-state index contributed by atoms with van der Waals surface area (Å²) in [6.07, 6.45) is 3.25. The molecule has 0 aliphatic rings. The third-order valence-electron chi connectivity index (χ3n) is 6.09. The minimum Gasteiger partial charge on any atom is -0.395 e. The molecule has 2 heterocycles. The molecule has 0 fully saturated rings. The molecule has 200 valence electrons. The minimum atomic E-state index is -1.03. The van der Waals surface area contributed by atoms with Crippen LogP contribution in [0.25, 0.3) is 0 Å². The van der Waals surface area contributed by atoms with E-state index < -0.39 is 17.9 Å². The van der Waals surface area contributed by atoms with Gasteiger partial charge in [-0.2, -0.15) is 4.37 Å². The number of carbonyl (C=O) groups excluding carboxylic acids is 3. The number of hydrogen-bond donors (Lipinski definition) is 3. The zero-order chi connectivity index (χ0) is 27.9. The minimum absolute atomic E-state index is 0.0264. The lowest BCUT2D eigenvalue weighted by molar-refractivity contribution is -0.126. The zero-order valence-corrected chi connectivity index (χ0v) is 22.4. The van der Waals surface area contributed by atoms with Crippen LogP contribution in [0.4, 0.5) is 11.4 Å². The Balaban J connectivity index is 1.78. The number of benzene rings is 2. The molecule has 39 heavy (non-hydrogen) atoms. The summed E-state index contributed by atoms with van der Waals surface area (Å²) < 4.78 is 3.99. The fourth-order valence-electron chi connectivity index (χ4n) is 4.04. The number of carbonyl (C=O) groups is 3. The maximum Gasteiger partial charge on any atom is 0.270 e. The number of anilines is 2. The maximum absolute atomic E-state index is 14.0. The highest BCUT2D eigenvalue weighted by molar-refractivity contribution is 7.09. The number of aromatic nitrogens is 2. The van der Waals surface area contributed by atoms with E-state index in [1.807, 2.05) is 79.7 Å². The molecule has 0 unspecified atom stereocenters. The van der Waals surface area contributed by atoms with Crippen LogP contribution in [0.15, 0.2) is 79.1 Å². The van der Waals surface area contributed by atoms with Crippen LogP contribution in [0.5, 0.6) is 0 Å². The predicted octanol–water partition coefficient (Wildman–Crippen LogP) is 2.99. The normalized spacial score (nSPS) is 11.4. The van der Waals surface area contributed by atoms with Gasteiger partial charge in [0.15, 0.2) is 5.69 Å². The van der Waals surface area contributed by atoms with Gasteiger partial charge >= 0.3 is 0 Å². The Hall–Kier alpha value is -4.77. The summed E-state index contributed by atoms with van der Waals surface area (Å²) in [6.45, 7) is 0.324. The highest BCUT2D eigenvalue weighted by atomic mass is 32.1. The summed E-state index contributed by atoms with van der Waals surface area (Å²) in [6, 6.07) is 19.4. The van der Waals surface area contributed by atoms with Gasteiger partial charge in [0.1, 0.15) is 10.9 Å². The molecule has 0 radical (unpaired) electrons. The molecule has 0 aliphatic carbocycles. The van der Waals surface area contributed by atoms with Crippen LogP contribution >= 0.6 is 11.5 Å². The fourth-order valence-corrected chi connectivity index (χ4v) is 4.80. The zero-order valence-electron chi connectivity index (χ0n) is 21.6. The van der Waals surface area contributed by atoms with E-state index in [0.717, 1.165) is 22.8 Å². The number of pyridine rings is 1.